The molecule has 2 amide bonds. The molecule has 2 rings (SSSR count). The number of thioether (sulfide) groups is 1. The molecule has 0 bridgehead atoms. The molecular formula is C14H23ClN4O3S. The minimum Gasteiger partial charge on any atom is -0.360 e. The van der Waals surface area contributed by atoms with Gasteiger partial charge in [-0.1, -0.05) is 5.16 Å². The normalized spacial score (nSPS) is 18.9. The van der Waals surface area contributed by atoms with E-state index >= 15 is 0 Å². The number of piperazine rings is 1. The van der Waals surface area contributed by atoms with Crippen LogP contribution in [0, 0.1) is 6.92 Å². The highest BCUT2D eigenvalue weighted by Crippen LogP contribution is 2.16. The third-order valence-corrected chi connectivity index (χ3v) is 4.65. The Balaban J connectivity index is 0.00000264. The summed E-state index contributed by atoms with van der Waals surface area (Å²) in [5, 5.41) is 9.31. The zero-order valence-corrected chi connectivity index (χ0v) is 15.1. The number of amides is 2. The van der Waals surface area contributed by atoms with Crippen molar-refractivity contribution < 1.29 is 14.1 Å². The van der Waals surface area contributed by atoms with Crippen LogP contribution in [0.3, 0.4) is 0 Å². The fourth-order valence-electron chi connectivity index (χ4n) is 2.22. The van der Waals surface area contributed by atoms with Gasteiger partial charge in [0.05, 0.1) is 11.0 Å². The van der Waals surface area contributed by atoms with E-state index in [1.54, 1.807) is 19.9 Å². The smallest absolute Gasteiger partial charge is 0.238 e. The molecule has 2 heterocycles. The lowest BCUT2D eigenvalue weighted by atomic mass is 10.2. The lowest BCUT2D eigenvalue weighted by Crippen LogP contribution is -2.52. The fourth-order valence-corrected chi connectivity index (χ4v) is 2.99. The van der Waals surface area contributed by atoms with E-state index < -0.39 is 0 Å². The highest BCUT2D eigenvalue weighted by molar-refractivity contribution is 8.01. The molecule has 7 nitrogen and oxygen atoms in total. The van der Waals surface area contributed by atoms with Gasteiger partial charge in [0, 0.05) is 31.7 Å². The van der Waals surface area contributed by atoms with Gasteiger partial charge in [0.2, 0.25) is 11.8 Å². The van der Waals surface area contributed by atoms with E-state index in [0.29, 0.717) is 17.3 Å². The van der Waals surface area contributed by atoms with Crippen molar-refractivity contribution in [2.45, 2.75) is 32.1 Å². The predicted molar refractivity (Wildman–Crippen MR) is 93.1 cm³/mol. The van der Waals surface area contributed by atoms with Crippen molar-refractivity contribution in [1.29, 1.82) is 0 Å². The summed E-state index contributed by atoms with van der Waals surface area (Å²) in [5.41, 5.74) is 0. The minimum absolute atomic E-state index is 0. The van der Waals surface area contributed by atoms with E-state index in [1.807, 2.05) is 11.8 Å². The Bertz CT molecular complexity index is 540. The number of hydrogen-bond acceptors (Lipinski definition) is 6. The lowest BCUT2D eigenvalue weighted by molar-refractivity contribution is -0.131. The van der Waals surface area contributed by atoms with Crippen molar-refractivity contribution >= 4 is 41.8 Å². The van der Waals surface area contributed by atoms with Gasteiger partial charge >= 0.3 is 0 Å². The first-order valence-corrected chi connectivity index (χ1v) is 8.38. The number of nitrogens with one attached hydrogen (secondary N) is 2. The third-order valence-electron chi connectivity index (χ3n) is 3.53. The highest BCUT2D eigenvalue weighted by atomic mass is 35.5. The van der Waals surface area contributed by atoms with Gasteiger partial charge in [-0.2, -0.15) is 0 Å². The summed E-state index contributed by atoms with van der Waals surface area (Å²) in [6, 6.07) is 1.85. The molecule has 2 atom stereocenters. The molecule has 1 fully saturated rings. The summed E-state index contributed by atoms with van der Waals surface area (Å²) in [6.07, 6.45) is 0. The van der Waals surface area contributed by atoms with Crippen LogP contribution in [0.15, 0.2) is 10.6 Å². The van der Waals surface area contributed by atoms with Crippen LogP contribution in [0.25, 0.3) is 0 Å². The summed E-state index contributed by atoms with van der Waals surface area (Å²) < 4.78 is 4.90. The Hall–Kier alpha value is -1.25. The van der Waals surface area contributed by atoms with E-state index in [2.05, 4.69) is 15.8 Å². The van der Waals surface area contributed by atoms with Gasteiger partial charge in [-0.15, -0.1) is 24.2 Å². The zero-order valence-electron chi connectivity index (χ0n) is 13.5. The Labute approximate surface area is 146 Å². The molecular weight excluding hydrogens is 340 g/mol. The van der Waals surface area contributed by atoms with E-state index in [4.69, 9.17) is 4.52 Å². The summed E-state index contributed by atoms with van der Waals surface area (Å²) in [6.45, 7) is 7.92. The van der Waals surface area contributed by atoms with Gasteiger partial charge in [-0.25, -0.2) is 0 Å². The summed E-state index contributed by atoms with van der Waals surface area (Å²) >= 11 is 1.33. The topological polar surface area (TPSA) is 87.5 Å². The molecule has 2 unspecified atom stereocenters. The molecule has 0 aliphatic carbocycles. The van der Waals surface area contributed by atoms with Crippen molar-refractivity contribution in [2.75, 3.05) is 30.7 Å². The quantitative estimate of drug-likeness (QED) is 0.820. The molecule has 0 spiro atoms. The van der Waals surface area contributed by atoms with Crippen LogP contribution in [-0.4, -0.2) is 58.5 Å². The summed E-state index contributed by atoms with van der Waals surface area (Å²) in [5.74, 6) is 1.24. The van der Waals surface area contributed by atoms with Gasteiger partial charge in [0.15, 0.2) is 5.82 Å². The molecule has 9 heteroatoms. The Morgan fingerprint density at radius 2 is 2.35 bits per heavy atom. The average Bonchev–Trinajstić information content (AvgIpc) is 2.90. The van der Waals surface area contributed by atoms with E-state index in [9.17, 15) is 9.59 Å². The molecule has 1 aliphatic rings. The minimum atomic E-state index is -0.334. The van der Waals surface area contributed by atoms with Crippen molar-refractivity contribution in [3.05, 3.63) is 11.8 Å². The van der Waals surface area contributed by atoms with E-state index in [1.165, 1.54) is 11.8 Å². The molecule has 0 radical (unpaired) electrons. The second kappa shape index (κ2) is 9.14. The Morgan fingerprint density at radius 1 is 1.61 bits per heavy atom. The molecule has 1 saturated heterocycles. The average molecular weight is 363 g/mol. The first-order valence-electron chi connectivity index (χ1n) is 7.33. The molecule has 0 saturated carbocycles. The SMILES string of the molecule is Cc1cc(NC(=O)C(C)SCC(=O)N2CCNCC2C)no1.Cl. The molecule has 1 aromatic heterocycles. The third kappa shape index (κ3) is 5.71. The van der Waals surface area contributed by atoms with Crippen LogP contribution < -0.4 is 10.6 Å². The van der Waals surface area contributed by atoms with Gasteiger partial charge in [0.25, 0.3) is 0 Å². The Kier molecular flexibility index (Phi) is 7.87. The molecule has 1 aromatic rings. The number of hydrogen-bond donors (Lipinski definition) is 2. The van der Waals surface area contributed by atoms with Crippen LogP contribution in [0.2, 0.25) is 0 Å². The van der Waals surface area contributed by atoms with Crippen molar-refractivity contribution in [1.82, 2.24) is 15.4 Å². The summed E-state index contributed by atoms with van der Waals surface area (Å²) in [7, 11) is 0. The molecule has 130 valence electrons. The maximum Gasteiger partial charge on any atom is 0.238 e. The first kappa shape index (κ1) is 19.8. The van der Waals surface area contributed by atoms with Crippen molar-refractivity contribution in [3.63, 3.8) is 0 Å². The van der Waals surface area contributed by atoms with Crippen LogP contribution in [0.1, 0.15) is 19.6 Å². The number of nitrogens with zero attached hydrogens (tertiary/aromatic N) is 2. The maximum absolute atomic E-state index is 12.2. The number of aromatic nitrogens is 1. The first-order chi connectivity index (χ1) is 10.5. The molecule has 23 heavy (non-hydrogen) atoms. The van der Waals surface area contributed by atoms with Crippen LogP contribution in [-0.2, 0) is 9.59 Å². The lowest BCUT2D eigenvalue weighted by Gasteiger charge is -2.34. The van der Waals surface area contributed by atoms with Crippen LogP contribution in [0.5, 0.6) is 0 Å². The van der Waals surface area contributed by atoms with Crippen molar-refractivity contribution in [3.8, 4) is 0 Å². The van der Waals surface area contributed by atoms with Gasteiger partial charge < -0.3 is 20.1 Å². The number of anilines is 1. The van der Waals surface area contributed by atoms with E-state index in [-0.39, 0.29) is 35.5 Å². The zero-order chi connectivity index (χ0) is 16.1. The van der Waals surface area contributed by atoms with Gasteiger partial charge in [-0.3, -0.25) is 9.59 Å². The Morgan fingerprint density at radius 3 is 2.96 bits per heavy atom. The molecule has 2 N–H and O–H groups in total. The number of aryl methyl sites for hydroxylation is 1. The summed E-state index contributed by atoms with van der Waals surface area (Å²) in [4.78, 5) is 26.1. The van der Waals surface area contributed by atoms with Crippen LogP contribution >= 0.6 is 24.2 Å². The number of carbonyl (C=O) groups is 2. The van der Waals surface area contributed by atoms with Crippen LogP contribution in [0.4, 0.5) is 5.82 Å². The number of halogens is 1. The van der Waals surface area contributed by atoms with Gasteiger partial charge in [0.1, 0.15) is 5.76 Å². The molecule has 1 aliphatic heterocycles. The van der Waals surface area contributed by atoms with E-state index in [0.717, 1.165) is 19.6 Å². The number of carbonyl (C=O) groups excluding carboxylic acids is 2. The number of rotatable bonds is 5. The molecule has 0 aromatic carbocycles. The van der Waals surface area contributed by atoms with Crippen molar-refractivity contribution in [2.24, 2.45) is 0 Å². The highest BCUT2D eigenvalue weighted by Gasteiger charge is 2.24. The maximum atomic E-state index is 12.2. The second-order valence-corrected chi connectivity index (χ2v) is 6.73. The largest absolute Gasteiger partial charge is 0.360 e. The predicted octanol–water partition coefficient (Wildman–Crippen LogP) is 1.29. The van der Waals surface area contributed by atoms with Gasteiger partial charge in [-0.05, 0) is 20.8 Å². The monoisotopic (exact) mass is 362 g/mol. The second-order valence-electron chi connectivity index (χ2n) is 5.41. The standard InChI is InChI=1S/C14H22N4O3S.ClH/c1-9-7-15-4-5-18(9)13(19)8-22-11(3)14(20)16-12-6-10(2)21-17-12;/h6,9,11,15H,4-5,7-8H2,1-3H3,(H,16,17,20);1H. The fraction of sp³-hybridized carbons (Fsp3) is 0.643.